The molecule has 0 amide bonds. The van der Waals surface area contributed by atoms with E-state index in [4.69, 9.17) is 4.98 Å². The van der Waals surface area contributed by atoms with Gasteiger partial charge in [0.05, 0.1) is 33.1 Å². The van der Waals surface area contributed by atoms with Crippen molar-refractivity contribution >= 4 is 49.7 Å². The first-order chi connectivity index (χ1) is 16.0. The Morgan fingerprint density at radius 3 is 2.09 bits per heavy atom. The Bertz CT molecular complexity index is 1840. The highest BCUT2D eigenvalue weighted by Crippen LogP contribution is 2.40. The largest absolute Gasteiger partial charge is 0.307 e. The molecule has 0 spiro atoms. The van der Waals surface area contributed by atoms with Crippen molar-refractivity contribution in [2.45, 2.75) is 26.3 Å². The number of nitrogens with zero attached hydrogens (tertiary/aromatic N) is 4. The van der Waals surface area contributed by atoms with Crippen molar-refractivity contribution in [3.63, 3.8) is 0 Å². The quantitative estimate of drug-likeness (QED) is 0.270. The Morgan fingerprint density at radius 1 is 0.606 bits per heavy atom. The summed E-state index contributed by atoms with van der Waals surface area (Å²) >= 11 is 0. The number of rotatable bonds is 1. The second-order valence-corrected chi connectivity index (χ2v) is 9.76. The first-order valence-corrected chi connectivity index (χ1v) is 11.4. The molecule has 33 heavy (non-hydrogen) atoms. The van der Waals surface area contributed by atoms with Crippen LogP contribution in [-0.2, 0) is 5.54 Å². The van der Waals surface area contributed by atoms with Crippen molar-refractivity contribution in [3.8, 4) is 5.69 Å². The van der Waals surface area contributed by atoms with Gasteiger partial charge in [0.1, 0.15) is 0 Å². The second kappa shape index (κ2) is 6.26. The molecule has 4 nitrogen and oxygen atoms in total. The molecule has 0 N–H and O–H groups in total. The van der Waals surface area contributed by atoms with Gasteiger partial charge in [-0.3, -0.25) is 4.40 Å². The van der Waals surface area contributed by atoms with Crippen molar-refractivity contribution in [1.82, 2.24) is 18.5 Å². The van der Waals surface area contributed by atoms with Gasteiger partial charge in [0.25, 0.3) is 0 Å². The molecule has 0 aliphatic carbocycles. The van der Waals surface area contributed by atoms with Crippen LogP contribution >= 0.6 is 0 Å². The second-order valence-electron chi connectivity index (χ2n) is 9.76. The third-order valence-electron chi connectivity index (χ3n) is 6.68. The third-order valence-corrected chi connectivity index (χ3v) is 6.68. The van der Waals surface area contributed by atoms with Crippen LogP contribution in [0.4, 0.5) is 0 Å². The molecule has 4 aromatic carbocycles. The summed E-state index contributed by atoms with van der Waals surface area (Å²) in [6, 6.07) is 32.3. The Kier molecular flexibility index (Phi) is 3.51. The van der Waals surface area contributed by atoms with Crippen LogP contribution in [0, 0.1) is 0 Å². The molecule has 3 heterocycles. The van der Waals surface area contributed by atoms with Crippen molar-refractivity contribution in [2.75, 3.05) is 0 Å². The Balaban J connectivity index is 1.82. The minimum Gasteiger partial charge on any atom is -0.307 e. The monoisotopic (exact) mass is 428 g/mol. The maximum absolute atomic E-state index is 5.10. The highest BCUT2D eigenvalue weighted by Gasteiger charge is 2.27. The van der Waals surface area contributed by atoms with Crippen molar-refractivity contribution in [1.29, 1.82) is 0 Å². The zero-order chi connectivity index (χ0) is 22.3. The van der Waals surface area contributed by atoms with Gasteiger partial charge in [0, 0.05) is 22.0 Å². The summed E-state index contributed by atoms with van der Waals surface area (Å²) in [6.07, 6.45) is 0. The fourth-order valence-electron chi connectivity index (χ4n) is 5.41. The molecular weight excluding hydrogens is 404 g/mol. The lowest BCUT2D eigenvalue weighted by Crippen LogP contribution is -2.22. The Labute approximate surface area is 191 Å². The molecule has 7 aromatic rings. The van der Waals surface area contributed by atoms with Gasteiger partial charge >= 0.3 is 0 Å². The first kappa shape index (κ1) is 18.5. The molecule has 4 heteroatoms. The summed E-state index contributed by atoms with van der Waals surface area (Å²) < 4.78 is 7.15. The lowest BCUT2D eigenvalue weighted by molar-refractivity contribution is 0.419. The van der Waals surface area contributed by atoms with Crippen molar-refractivity contribution in [2.24, 2.45) is 0 Å². The molecule has 0 fully saturated rings. The fourth-order valence-corrected chi connectivity index (χ4v) is 5.41. The summed E-state index contributed by atoms with van der Waals surface area (Å²) in [5.74, 6) is 0.982. The van der Waals surface area contributed by atoms with E-state index >= 15 is 0 Å². The van der Waals surface area contributed by atoms with Gasteiger partial charge in [-0.25, -0.2) is 4.98 Å². The Morgan fingerprint density at radius 2 is 1.30 bits per heavy atom. The standard InChI is InChI=1S/C29H24N4/c1-29(2,3)33-27-25(32-24-16-10-8-14-22(24)30-28(32)33)18-17-21-20-13-7-9-15-23(20)31(26(21)27)19-11-5-4-6-12-19/h4-18H,1-3H3. The van der Waals surface area contributed by atoms with Gasteiger partial charge in [0.2, 0.25) is 5.78 Å². The van der Waals surface area contributed by atoms with Crippen LogP contribution in [0.1, 0.15) is 20.8 Å². The van der Waals surface area contributed by atoms with Crippen LogP contribution in [0.25, 0.3) is 55.3 Å². The Hall–Kier alpha value is -4.05. The molecule has 3 aromatic heterocycles. The molecule has 0 bridgehead atoms. The summed E-state index contributed by atoms with van der Waals surface area (Å²) in [5, 5.41) is 2.53. The highest BCUT2D eigenvalue weighted by molar-refractivity contribution is 6.18. The van der Waals surface area contributed by atoms with E-state index in [0.29, 0.717) is 0 Å². The molecular formula is C29H24N4. The number of aromatic nitrogens is 4. The van der Waals surface area contributed by atoms with Gasteiger partial charge in [-0.05, 0) is 63.2 Å². The molecule has 0 atom stereocenters. The lowest BCUT2D eigenvalue weighted by Gasteiger charge is -2.23. The predicted octanol–water partition coefficient (Wildman–Crippen LogP) is 7.29. The third kappa shape index (κ3) is 2.38. The van der Waals surface area contributed by atoms with E-state index in [9.17, 15) is 0 Å². The average Bonchev–Trinajstić information content (AvgIpc) is 3.45. The number of imidazole rings is 2. The van der Waals surface area contributed by atoms with Crippen LogP contribution < -0.4 is 0 Å². The van der Waals surface area contributed by atoms with E-state index in [1.807, 2.05) is 0 Å². The smallest absolute Gasteiger partial charge is 0.216 e. The van der Waals surface area contributed by atoms with E-state index < -0.39 is 0 Å². The number of hydrogen-bond acceptors (Lipinski definition) is 1. The highest BCUT2D eigenvalue weighted by atomic mass is 15.2. The minimum absolute atomic E-state index is 0.156. The first-order valence-electron chi connectivity index (χ1n) is 11.4. The summed E-state index contributed by atoms with van der Waals surface area (Å²) in [7, 11) is 0. The van der Waals surface area contributed by atoms with Gasteiger partial charge in [-0.15, -0.1) is 0 Å². The molecule has 0 saturated carbocycles. The molecule has 0 aliphatic heterocycles. The molecule has 0 saturated heterocycles. The van der Waals surface area contributed by atoms with Crippen molar-refractivity contribution in [3.05, 3.63) is 91.0 Å². The average molecular weight is 429 g/mol. The number of para-hydroxylation sites is 4. The molecule has 0 aliphatic rings. The van der Waals surface area contributed by atoms with Crippen LogP contribution in [0.2, 0.25) is 0 Å². The van der Waals surface area contributed by atoms with Crippen LogP contribution in [0.3, 0.4) is 0 Å². The van der Waals surface area contributed by atoms with Gasteiger partial charge < -0.3 is 9.13 Å². The van der Waals surface area contributed by atoms with Gasteiger partial charge in [-0.2, -0.15) is 0 Å². The molecule has 0 radical (unpaired) electrons. The van der Waals surface area contributed by atoms with E-state index in [-0.39, 0.29) is 5.54 Å². The van der Waals surface area contributed by atoms with E-state index in [2.05, 4.69) is 125 Å². The lowest BCUT2D eigenvalue weighted by atomic mass is 10.1. The van der Waals surface area contributed by atoms with Crippen LogP contribution in [-0.4, -0.2) is 18.5 Å². The van der Waals surface area contributed by atoms with E-state index in [1.54, 1.807) is 0 Å². The van der Waals surface area contributed by atoms with Gasteiger partial charge in [-0.1, -0.05) is 48.5 Å². The number of fused-ring (bicyclic) bond motifs is 9. The topological polar surface area (TPSA) is 27.2 Å². The maximum Gasteiger partial charge on any atom is 0.216 e. The van der Waals surface area contributed by atoms with Crippen LogP contribution in [0.15, 0.2) is 91.0 Å². The molecule has 7 rings (SSSR count). The summed E-state index contributed by atoms with van der Waals surface area (Å²) in [5.41, 5.74) is 8.02. The normalized spacial score (nSPS) is 12.7. The van der Waals surface area contributed by atoms with Gasteiger partial charge in [0.15, 0.2) is 0 Å². The summed E-state index contributed by atoms with van der Waals surface area (Å²) in [6.45, 7) is 6.79. The fraction of sp³-hybridized carbons (Fsp3) is 0.138. The zero-order valence-electron chi connectivity index (χ0n) is 18.9. The predicted molar refractivity (Wildman–Crippen MR) is 138 cm³/mol. The maximum atomic E-state index is 5.10. The van der Waals surface area contributed by atoms with E-state index in [0.717, 1.165) is 16.8 Å². The molecule has 160 valence electrons. The summed E-state index contributed by atoms with van der Waals surface area (Å²) in [4.78, 5) is 5.10. The number of hydrogen-bond donors (Lipinski definition) is 0. The minimum atomic E-state index is -0.156. The molecule has 0 unspecified atom stereocenters. The number of benzene rings is 4. The van der Waals surface area contributed by atoms with Crippen LogP contribution in [0.5, 0.6) is 0 Å². The SMILES string of the molecule is CC(C)(C)n1c2c3c(ccc2n2c4ccccc4nc12)c1ccccc1n3-c1ccccc1. The zero-order valence-corrected chi connectivity index (χ0v) is 18.9. The van der Waals surface area contributed by atoms with Crippen molar-refractivity contribution < 1.29 is 0 Å². The van der Waals surface area contributed by atoms with E-state index in [1.165, 1.54) is 38.5 Å².